The molecule has 0 radical (unpaired) electrons. The molecule has 0 saturated heterocycles. The van der Waals surface area contributed by atoms with Crippen LogP contribution >= 0.6 is 0 Å². The molecule has 0 N–H and O–H groups in total. The molecule has 4 rings (SSSR count). The molecular weight excluding hydrogens is 396 g/mol. The van der Waals surface area contributed by atoms with Crippen LogP contribution in [0.2, 0.25) is 0 Å². The summed E-state index contributed by atoms with van der Waals surface area (Å²) < 4.78 is 17.1. The summed E-state index contributed by atoms with van der Waals surface area (Å²) in [6.07, 6.45) is 0. The van der Waals surface area contributed by atoms with Gasteiger partial charge in [0, 0.05) is 11.1 Å². The zero-order valence-electron chi connectivity index (χ0n) is 18.7. The molecule has 32 heavy (non-hydrogen) atoms. The third-order valence-corrected chi connectivity index (χ3v) is 5.45. The lowest BCUT2D eigenvalue weighted by molar-refractivity contribution is 0.415. The Balaban J connectivity index is 1.91. The average Bonchev–Trinajstić information content (AvgIpc) is 2.85. The van der Waals surface area contributed by atoms with Gasteiger partial charge < -0.3 is 9.47 Å². The molecule has 4 aromatic rings. The highest BCUT2D eigenvalue weighted by Crippen LogP contribution is 2.36. The van der Waals surface area contributed by atoms with Gasteiger partial charge in [-0.3, -0.25) is 0 Å². The highest BCUT2D eigenvalue weighted by atomic mass is 16.5. The van der Waals surface area contributed by atoms with Gasteiger partial charge in [0.2, 0.25) is 0 Å². The molecule has 3 aromatic carbocycles. The van der Waals surface area contributed by atoms with Crippen molar-refractivity contribution in [2.75, 3.05) is 14.2 Å². The summed E-state index contributed by atoms with van der Waals surface area (Å²) in [7, 11) is 3.32. The highest BCUT2D eigenvalue weighted by Gasteiger charge is 2.28. The molecule has 0 saturated carbocycles. The van der Waals surface area contributed by atoms with E-state index in [2.05, 4.69) is 25.7 Å². The number of rotatable bonds is 4. The van der Waals surface area contributed by atoms with Crippen LogP contribution in [0.4, 0.5) is 0 Å². The molecular formula is C29H25O3+. The minimum absolute atomic E-state index is 0.793. The monoisotopic (exact) mass is 421 g/mol. The number of benzene rings is 3. The average molecular weight is 422 g/mol. The molecule has 0 bridgehead atoms. The van der Waals surface area contributed by atoms with Gasteiger partial charge in [-0.25, -0.2) is 4.42 Å². The standard InChI is InChI=1S/C29H25O3/c1-20-27(19-10-22-8-6-5-7-9-22)21(2)29(24-13-17-26(31-4)18-14-24)32-28(20)23-11-15-25(30-3)16-12-23/h5-9,11-18H,1-4H3/q+1. The molecule has 0 aliphatic rings. The van der Waals surface area contributed by atoms with Crippen molar-refractivity contribution in [3.05, 3.63) is 101 Å². The fraction of sp³-hybridized carbons (Fsp3) is 0.138. The van der Waals surface area contributed by atoms with Crippen LogP contribution in [0.3, 0.4) is 0 Å². The van der Waals surface area contributed by atoms with Gasteiger partial charge in [0.1, 0.15) is 11.5 Å². The lowest BCUT2D eigenvalue weighted by Crippen LogP contribution is -1.97. The smallest absolute Gasteiger partial charge is 0.364 e. The van der Waals surface area contributed by atoms with Crippen molar-refractivity contribution in [3.8, 4) is 46.0 Å². The van der Waals surface area contributed by atoms with E-state index in [-0.39, 0.29) is 0 Å². The lowest BCUT2D eigenvalue weighted by atomic mass is 9.96. The van der Waals surface area contributed by atoms with Crippen molar-refractivity contribution in [2.45, 2.75) is 13.8 Å². The number of methoxy groups -OCH3 is 2. The maximum absolute atomic E-state index is 6.50. The molecule has 0 aliphatic carbocycles. The molecule has 0 unspecified atom stereocenters. The quantitative estimate of drug-likeness (QED) is 0.264. The molecule has 3 nitrogen and oxygen atoms in total. The van der Waals surface area contributed by atoms with E-state index in [1.165, 1.54) is 0 Å². The Kier molecular flexibility index (Phi) is 6.24. The van der Waals surface area contributed by atoms with Gasteiger partial charge in [-0.2, -0.15) is 0 Å². The van der Waals surface area contributed by atoms with Crippen molar-refractivity contribution in [3.63, 3.8) is 0 Å². The van der Waals surface area contributed by atoms with Crippen LogP contribution in [-0.2, 0) is 0 Å². The van der Waals surface area contributed by atoms with Crippen molar-refractivity contribution in [1.82, 2.24) is 0 Å². The van der Waals surface area contributed by atoms with E-state index in [0.717, 1.165) is 56.4 Å². The van der Waals surface area contributed by atoms with Crippen molar-refractivity contribution in [2.24, 2.45) is 0 Å². The Morgan fingerprint density at radius 2 is 1.06 bits per heavy atom. The van der Waals surface area contributed by atoms with E-state index in [1.807, 2.05) is 78.9 Å². The van der Waals surface area contributed by atoms with E-state index in [9.17, 15) is 0 Å². The molecule has 0 atom stereocenters. The third kappa shape index (κ3) is 4.36. The van der Waals surface area contributed by atoms with Gasteiger partial charge in [0.25, 0.3) is 0 Å². The van der Waals surface area contributed by atoms with Crippen LogP contribution in [0.5, 0.6) is 11.5 Å². The van der Waals surface area contributed by atoms with Crippen LogP contribution in [0.15, 0.2) is 83.3 Å². The van der Waals surface area contributed by atoms with E-state index in [1.54, 1.807) is 14.2 Å². The summed E-state index contributed by atoms with van der Waals surface area (Å²) in [5.74, 6) is 9.90. The summed E-state index contributed by atoms with van der Waals surface area (Å²) in [6.45, 7) is 4.12. The van der Waals surface area contributed by atoms with E-state index >= 15 is 0 Å². The van der Waals surface area contributed by atoms with Crippen molar-refractivity contribution in [1.29, 1.82) is 0 Å². The first-order valence-corrected chi connectivity index (χ1v) is 10.4. The number of hydrogen-bond acceptors (Lipinski definition) is 2. The Hall–Kier alpha value is -4.03. The predicted molar refractivity (Wildman–Crippen MR) is 129 cm³/mol. The van der Waals surface area contributed by atoms with Crippen LogP contribution < -0.4 is 9.47 Å². The molecule has 158 valence electrons. The zero-order valence-corrected chi connectivity index (χ0v) is 18.7. The normalized spacial score (nSPS) is 10.2. The third-order valence-electron chi connectivity index (χ3n) is 5.45. The van der Waals surface area contributed by atoms with Gasteiger partial charge in [-0.05, 0) is 74.5 Å². The Morgan fingerprint density at radius 1 is 0.594 bits per heavy atom. The molecule has 0 aliphatic heterocycles. The maximum atomic E-state index is 6.50. The lowest BCUT2D eigenvalue weighted by Gasteiger charge is -2.06. The number of ether oxygens (including phenoxy) is 2. The Bertz CT molecular complexity index is 1210. The predicted octanol–water partition coefficient (Wildman–Crippen LogP) is 6.93. The van der Waals surface area contributed by atoms with Crippen molar-refractivity contribution < 1.29 is 13.9 Å². The second kappa shape index (κ2) is 9.41. The summed E-state index contributed by atoms with van der Waals surface area (Å²) in [4.78, 5) is 0. The first-order chi connectivity index (χ1) is 15.6. The summed E-state index contributed by atoms with van der Waals surface area (Å²) >= 11 is 0. The SMILES string of the molecule is COc1ccc(-c2[o+]c(-c3ccc(OC)cc3)c(C)c(C#Cc3ccccc3)c2C)cc1. The van der Waals surface area contributed by atoms with Gasteiger partial charge in [0.05, 0.1) is 36.5 Å². The Labute approximate surface area is 189 Å². The fourth-order valence-electron chi connectivity index (χ4n) is 3.64. The first kappa shape index (κ1) is 21.2. The second-order valence-corrected chi connectivity index (χ2v) is 7.46. The minimum Gasteiger partial charge on any atom is -0.497 e. The van der Waals surface area contributed by atoms with Gasteiger partial charge in [0.15, 0.2) is 0 Å². The number of hydrogen-bond donors (Lipinski definition) is 0. The summed E-state index contributed by atoms with van der Waals surface area (Å²) in [5, 5.41) is 0. The van der Waals surface area contributed by atoms with Crippen molar-refractivity contribution >= 4 is 0 Å². The maximum Gasteiger partial charge on any atom is 0.364 e. The molecule has 3 heteroatoms. The topological polar surface area (TPSA) is 29.8 Å². The van der Waals surface area contributed by atoms with Crippen LogP contribution in [0.1, 0.15) is 22.3 Å². The molecule has 0 spiro atoms. The largest absolute Gasteiger partial charge is 0.497 e. The Morgan fingerprint density at radius 3 is 1.50 bits per heavy atom. The minimum atomic E-state index is 0.793. The van der Waals surface area contributed by atoms with E-state index in [4.69, 9.17) is 13.9 Å². The van der Waals surface area contributed by atoms with E-state index < -0.39 is 0 Å². The first-order valence-electron chi connectivity index (χ1n) is 10.4. The molecule has 1 aromatic heterocycles. The van der Waals surface area contributed by atoms with Crippen LogP contribution in [-0.4, -0.2) is 14.2 Å². The van der Waals surface area contributed by atoms with E-state index in [0.29, 0.717) is 0 Å². The molecule has 0 amide bonds. The zero-order chi connectivity index (χ0) is 22.5. The fourth-order valence-corrected chi connectivity index (χ4v) is 3.64. The summed E-state index contributed by atoms with van der Waals surface area (Å²) in [5.41, 5.74) is 5.91. The molecule has 1 heterocycles. The van der Waals surface area contributed by atoms with Crippen LogP contribution in [0.25, 0.3) is 22.6 Å². The highest BCUT2D eigenvalue weighted by molar-refractivity contribution is 5.73. The molecule has 0 fully saturated rings. The second-order valence-electron chi connectivity index (χ2n) is 7.46. The summed E-state index contributed by atoms with van der Waals surface area (Å²) in [6, 6.07) is 25.8. The van der Waals surface area contributed by atoms with Crippen LogP contribution in [0, 0.1) is 25.7 Å². The van der Waals surface area contributed by atoms with Gasteiger partial charge in [-0.15, -0.1) is 0 Å². The van der Waals surface area contributed by atoms with Gasteiger partial charge in [-0.1, -0.05) is 30.0 Å². The van der Waals surface area contributed by atoms with Gasteiger partial charge >= 0.3 is 11.5 Å².